The van der Waals surface area contributed by atoms with Gasteiger partial charge < -0.3 is 5.32 Å². The monoisotopic (exact) mass is 505 g/mol. The number of para-hydroxylation sites is 2. The van der Waals surface area contributed by atoms with Crippen LogP contribution < -0.4 is 15.3 Å². The lowest BCUT2D eigenvalue weighted by atomic mass is 9.93. The molecule has 1 aliphatic heterocycles. The van der Waals surface area contributed by atoms with E-state index < -0.39 is 5.66 Å². The lowest BCUT2D eigenvalue weighted by molar-refractivity contribution is -0.129. The van der Waals surface area contributed by atoms with Crippen molar-refractivity contribution in [3.63, 3.8) is 0 Å². The van der Waals surface area contributed by atoms with Gasteiger partial charge in [-0.3, -0.25) is 14.6 Å². The van der Waals surface area contributed by atoms with E-state index in [-0.39, 0.29) is 11.8 Å². The van der Waals surface area contributed by atoms with Gasteiger partial charge in [0.05, 0.1) is 11.4 Å². The lowest BCUT2D eigenvalue weighted by Crippen LogP contribution is -2.73. The van der Waals surface area contributed by atoms with Gasteiger partial charge in [0, 0.05) is 25.6 Å². The Hall–Kier alpha value is -4.49. The Kier molecular flexibility index (Phi) is 6.94. The first-order valence-corrected chi connectivity index (χ1v) is 12.9. The normalized spacial score (nSPS) is 17.1. The molecule has 4 aromatic carbocycles. The topological polar surface area (TPSA) is 68.2 Å². The van der Waals surface area contributed by atoms with Crippen LogP contribution in [0.1, 0.15) is 26.3 Å². The summed E-state index contributed by atoms with van der Waals surface area (Å²) in [4.78, 5) is 27.6. The van der Waals surface area contributed by atoms with Gasteiger partial charge in [-0.25, -0.2) is 5.01 Å². The maximum Gasteiger partial charge on any atom is 0.302 e. The number of nitrogens with zero attached hydrogens (tertiary/aromatic N) is 4. The molecule has 1 unspecified atom stereocenters. The van der Waals surface area contributed by atoms with Gasteiger partial charge in [0.25, 0.3) is 5.66 Å². The van der Waals surface area contributed by atoms with Gasteiger partial charge in [-0.2, -0.15) is 10.1 Å². The van der Waals surface area contributed by atoms with Crippen LogP contribution in [0.3, 0.4) is 0 Å². The van der Waals surface area contributed by atoms with Crippen molar-refractivity contribution in [2.75, 3.05) is 23.1 Å². The summed E-state index contributed by atoms with van der Waals surface area (Å²) in [5.74, 6) is -0.701. The van der Waals surface area contributed by atoms with Crippen LogP contribution in [0, 0.1) is 0 Å². The van der Waals surface area contributed by atoms with E-state index in [9.17, 15) is 9.59 Å². The molecule has 7 heteroatoms. The van der Waals surface area contributed by atoms with Crippen molar-refractivity contribution >= 4 is 39.7 Å². The number of rotatable bonds is 8. The van der Waals surface area contributed by atoms with Gasteiger partial charge in [-0.1, -0.05) is 86.6 Å². The molecule has 192 valence electrons. The molecule has 2 amide bonds. The maximum atomic E-state index is 14.7. The number of hydrazone groups is 1. The first-order valence-electron chi connectivity index (χ1n) is 12.9. The first kappa shape index (κ1) is 25.2. The van der Waals surface area contributed by atoms with E-state index in [1.54, 1.807) is 0 Å². The van der Waals surface area contributed by atoms with Crippen molar-refractivity contribution in [3.05, 3.63) is 109 Å². The molecule has 0 bridgehead atoms. The smallest absolute Gasteiger partial charge is 0.302 e. The summed E-state index contributed by atoms with van der Waals surface area (Å²) in [5.41, 5.74) is 0.954. The zero-order valence-electron chi connectivity index (χ0n) is 21.8. The quantitative estimate of drug-likeness (QED) is 0.264. The number of nitrogens with one attached hydrogen (secondary N) is 1. The SMILES string of the molecule is CCN(CC)N(c1ccccc1)C1(NC(C)=O)C(=O)N(c2ccccc2)N=C1c1ccc2ccccc2c1. The second kappa shape index (κ2) is 10.5. The highest BCUT2D eigenvalue weighted by Crippen LogP contribution is 2.37. The molecule has 0 aliphatic carbocycles. The molecule has 7 nitrogen and oxygen atoms in total. The predicted molar refractivity (Wildman–Crippen MR) is 153 cm³/mol. The minimum absolute atomic E-state index is 0.338. The number of hydrogen-bond donors (Lipinski definition) is 1. The second-order valence-electron chi connectivity index (χ2n) is 9.14. The van der Waals surface area contributed by atoms with Gasteiger partial charge in [0.2, 0.25) is 5.91 Å². The van der Waals surface area contributed by atoms with E-state index in [1.165, 1.54) is 11.9 Å². The third-order valence-electron chi connectivity index (χ3n) is 6.76. The summed E-state index contributed by atoms with van der Waals surface area (Å²) in [7, 11) is 0. The first-order chi connectivity index (χ1) is 18.5. The van der Waals surface area contributed by atoms with Gasteiger partial charge in [0.15, 0.2) is 0 Å². The fourth-order valence-electron chi connectivity index (χ4n) is 5.08. The van der Waals surface area contributed by atoms with Crippen LogP contribution in [0.15, 0.2) is 108 Å². The van der Waals surface area contributed by atoms with Crippen LogP contribution in [0.4, 0.5) is 11.4 Å². The zero-order chi connectivity index (χ0) is 26.7. The number of carbonyl (C=O) groups excluding carboxylic acids is 2. The van der Waals surface area contributed by atoms with Gasteiger partial charge >= 0.3 is 5.91 Å². The van der Waals surface area contributed by atoms with Crippen molar-refractivity contribution in [2.24, 2.45) is 5.10 Å². The highest BCUT2D eigenvalue weighted by atomic mass is 16.2. The number of amides is 2. The average Bonchev–Trinajstić information content (AvgIpc) is 3.23. The fourth-order valence-corrected chi connectivity index (χ4v) is 5.08. The van der Waals surface area contributed by atoms with Gasteiger partial charge in [-0.15, -0.1) is 0 Å². The molecule has 1 atom stereocenters. The van der Waals surface area contributed by atoms with E-state index in [0.29, 0.717) is 24.5 Å². The van der Waals surface area contributed by atoms with E-state index in [0.717, 1.165) is 22.0 Å². The van der Waals surface area contributed by atoms with Crippen molar-refractivity contribution in [1.29, 1.82) is 0 Å². The summed E-state index contributed by atoms with van der Waals surface area (Å²) in [6.45, 7) is 6.71. The fraction of sp³-hybridized carbons (Fsp3) is 0.194. The summed E-state index contributed by atoms with van der Waals surface area (Å²) in [5, 5.41) is 15.5. The molecule has 0 radical (unpaired) electrons. The predicted octanol–water partition coefficient (Wildman–Crippen LogP) is 5.19. The van der Waals surface area contributed by atoms with Crippen molar-refractivity contribution in [2.45, 2.75) is 26.4 Å². The number of benzene rings is 4. The molecule has 1 heterocycles. The van der Waals surface area contributed by atoms with Gasteiger partial charge in [0.1, 0.15) is 5.71 Å². The molecule has 0 saturated heterocycles. The van der Waals surface area contributed by atoms with E-state index in [4.69, 9.17) is 5.10 Å². The summed E-state index contributed by atoms with van der Waals surface area (Å²) < 4.78 is 0. The molecule has 5 rings (SSSR count). The minimum atomic E-state index is -1.63. The molecule has 0 aromatic heterocycles. The third kappa shape index (κ3) is 4.31. The van der Waals surface area contributed by atoms with E-state index >= 15 is 0 Å². The summed E-state index contributed by atoms with van der Waals surface area (Å²) >= 11 is 0. The van der Waals surface area contributed by atoms with E-state index in [2.05, 4.69) is 5.32 Å². The Morgan fingerprint density at radius 1 is 0.842 bits per heavy atom. The summed E-state index contributed by atoms with van der Waals surface area (Å²) in [6.07, 6.45) is 0. The number of hydrogen-bond acceptors (Lipinski definition) is 5. The third-order valence-corrected chi connectivity index (χ3v) is 6.76. The van der Waals surface area contributed by atoms with Crippen LogP contribution in [0.25, 0.3) is 10.8 Å². The maximum absolute atomic E-state index is 14.7. The molecule has 0 saturated carbocycles. The highest BCUT2D eigenvalue weighted by Gasteiger charge is 2.59. The Morgan fingerprint density at radius 3 is 2.08 bits per heavy atom. The second-order valence-corrected chi connectivity index (χ2v) is 9.14. The molecule has 1 aliphatic rings. The zero-order valence-corrected chi connectivity index (χ0v) is 21.8. The van der Waals surface area contributed by atoms with Crippen molar-refractivity contribution in [3.8, 4) is 0 Å². The molecular formula is C31H31N5O2. The Labute approximate surface area is 222 Å². The molecule has 4 aromatic rings. The average molecular weight is 506 g/mol. The van der Waals surface area contributed by atoms with Crippen LogP contribution in [-0.4, -0.2) is 41.3 Å². The summed E-state index contributed by atoms with van der Waals surface area (Å²) in [6, 6.07) is 33.0. The van der Waals surface area contributed by atoms with Crippen LogP contribution in [0.5, 0.6) is 0 Å². The lowest BCUT2D eigenvalue weighted by Gasteiger charge is -2.47. The Morgan fingerprint density at radius 2 is 1.45 bits per heavy atom. The van der Waals surface area contributed by atoms with Crippen molar-refractivity contribution in [1.82, 2.24) is 10.3 Å². The minimum Gasteiger partial charge on any atom is -0.319 e. The number of carbonyl (C=O) groups is 2. The van der Waals surface area contributed by atoms with Gasteiger partial charge in [-0.05, 0) is 41.1 Å². The molecular weight excluding hydrogens is 474 g/mol. The number of hydrazine groups is 1. The number of anilines is 2. The van der Waals surface area contributed by atoms with Crippen LogP contribution in [-0.2, 0) is 9.59 Å². The van der Waals surface area contributed by atoms with Crippen LogP contribution in [0.2, 0.25) is 0 Å². The standard InChI is InChI=1S/C31H31N5O2/c1-4-34(5-2)36(28-18-10-7-11-19-28)31(32-23(3)37)29(26-21-20-24-14-12-13-15-25(24)22-26)33-35(30(31)38)27-16-8-6-9-17-27/h6-22H,4-5H2,1-3H3,(H,32,37). The molecule has 38 heavy (non-hydrogen) atoms. The Bertz CT molecular complexity index is 1480. The van der Waals surface area contributed by atoms with E-state index in [1.807, 2.05) is 127 Å². The molecule has 0 fully saturated rings. The van der Waals surface area contributed by atoms with Crippen LogP contribution >= 0.6 is 0 Å². The van der Waals surface area contributed by atoms with Crippen molar-refractivity contribution < 1.29 is 9.59 Å². The molecule has 0 spiro atoms. The molecule has 1 N–H and O–H groups in total. The largest absolute Gasteiger partial charge is 0.319 e. The number of fused-ring (bicyclic) bond motifs is 1. The highest BCUT2D eigenvalue weighted by molar-refractivity contribution is 6.31. The Balaban J connectivity index is 1.82.